The van der Waals surface area contributed by atoms with E-state index >= 15 is 0 Å². The Hall–Kier alpha value is -1.84. The smallest absolute Gasteiger partial charge is 0.227 e. The van der Waals surface area contributed by atoms with Gasteiger partial charge in [0, 0.05) is 37.0 Å². The number of benzene rings is 1. The van der Waals surface area contributed by atoms with Crippen LogP contribution in [0.4, 0.5) is 5.69 Å². The van der Waals surface area contributed by atoms with Gasteiger partial charge in [-0.1, -0.05) is 32.0 Å². The lowest BCUT2D eigenvalue weighted by Gasteiger charge is -2.17. The maximum Gasteiger partial charge on any atom is 0.227 e. The molecule has 1 fully saturated rings. The number of carbonyl (C=O) groups excluding carboxylic acids is 2. The number of rotatable bonds is 4. The zero-order valence-corrected chi connectivity index (χ0v) is 11.4. The predicted octanol–water partition coefficient (Wildman–Crippen LogP) is 1.81. The van der Waals surface area contributed by atoms with Crippen molar-refractivity contribution in [3.63, 3.8) is 0 Å². The zero-order chi connectivity index (χ0) is 13.8. The van der Waals surface area contributed by atoms with E-state index in [4.69, 9.17) is 0 Å². The molecule has 1 heterocycles. The van der Waals surface area contributed by atoms with Crippen LogP contribution in [0.15, 0.2) is 30.3 Å². The molecule has 1 aliphatic heterocycles. The summed E-state index contributed by atoms with van der Waals surface area (Å²) in [5.74, 6) is 0.373. The van der Waals surface area contributed by atoms with Crippen molar-refractivity contribution in [2.75, 3.05) is 18.0 Å². The molecule has 0 aliphatic carbocycles. The van der Waals surface area contributed by atoms with Crippen molar-refractivity contribution >= 4 is 17.5 Å². The molecule has 0 radical (unpaired) electrons. The second-order valence-corrected chi connectivity index (χ2v) is 5.31. The number of hydrogen-bond acceptors (Lipinski definition) is 2. The summed E-state index contributed by atoms with van der Waals surface area (Å²) in [4.78, 5) is 25.3. The van der Waals surface area contributed by atoms with Gasteiger partial charge in [0.2, 0.25) is 11.8 Å². The van der Waals surface area contributed by atoms with Crippen LogP contribution >= 0.6 is 0 Å². The van der Waals surface area contributed by atoms with Crippen LogP contribution < -0.4 is 10.2 Å². The van der Waals surface area contributed by atoms with E-state index in [1.54, 1.807) is 4.90 Å². The monoisotopic (exact) mass is 260 g/mol. The van der Waals surface area contributed by atoms with Crippen LogP contribution in [0.1, 0.15) is 20.3 Å². The fourth-order valence-corrected chi connectivity index (χ4v) is 2.22. The normalized spacial score (nSPS) is 19.0. The lowest BCUT2D eigenvalue weighted by Crippen LogP contribution is -2.33. The predicted molar refractivity (Wildman–Crippen MR) is 74.7 cm³/mol. The molecule has 0 bridgehead atoms. The van der Waals surface area contributed by atoms with Gasteiger partial charge < -0.3 is 10.2 Å². The van der Waals surface area contributed by atoms with E-state index in [2.05, 4.69) is 5.32 Å². The average molecular weight is 260 g/mol. The third-order valence-electron chi connectivity index (χ3n) is 3.36. The highest BCUT2D eigenvalue weighted by Crippen LogP contribution is 2.24. The lowest BCUT2D eigenvalue weighted by molar-refractivity contribution is -0.124. The topological polar surface area (TPSA) is 49.4 Å². The zero-order valence-electron chi connectivity index (χ0n) is 11.4. The summed E-state index contributed by atoms with van der Waals surface area (Å²) in [6, 6.07) is 9.66. The van der Waals surface area contributed by atoms with Crippen LogP contribution in [0.3, 0.4) is 0 Å². The van der Waals surface area contributed by atoms with Crippen molar-refractivity contribution in [1.29, 1.82) is 0 Å². The molecule has 4 nitrogen and oxygen atoms in total. The summed E-state index contributed by atoms with van der Waals surface area (Å²) in [5.41, 5.74) is 0.935. The summed E-state index contributed by atoms with van der Waals surface area (Å²) < 4.78 is 0. The minimum atomic E-state index is -0.0117. The minimum absolute atomic E-state index is 0.0117. The van der Waals surface area contributed by atoms with E-state index < -0.39 is 0 Å². The number of nitrogens with zero attached hydrogens (tertiary/aromatic N) is 1. The maximum absolute atomic E-state index is 12.0. The van der Waals surface area contributed by atoms with Gasteiger partial charge in [-0.3, -0.25) is 9.59 Å². The average Bonchev–Trinajstić information content (AvgIpc) is 2.78. The maximum atomic E-state index is 12.0. The van der Waals surface area contributed by atoms with Crippen LogP contribution in [0.5, 0.6) is 0 Å². The number of para-hydroxylation sites is 1. The highest BCUT2D eigenvalue weighted by molar-refractivity contribution is 5.95. The summed E-state index contributed by atoms with van der Waals surface area (Å²) in [6.45, 7) is 4.99. The quantitative estimate of drug-likeness (QED) is 0.897. The molecule has 1 aliphatic rings. The summed E-state index contributed by atoms with van der Waals surface area (Å²) in [5, 5.41) is 2.90. The van der Waals surface area contributed by atoms with Gasteiger partial charge in [0.05, 0.1) is 0 Å². The molecule has 19 heavy (non-hydrogen) atoms. The Labute approximate surface area is 113 Å². The van der Waals surface area contributed by atoms with E-state index in [1.807, 2.05) is 44.2 Å². The molecule has 1 unspecified atom stereocenters. The Kier molecular flexibility index (Phi) is 4.20. The first-order chi connectivity index (χ1) is 9.08. The molecule has 0 saturated carbocycles. The van der Waals surface area contributed by atoms with Gasteiger partial charge in [-0.25, -0.2) is 0 Å². The Morgan fingerprint density at radius 3 is 2.68 bits per heavy atom. The Morgan fingerprint density at radius 2 is 2.05 bits per heavy atom. The van der Waals surface area contributed by atoms with Gasteiger partial charge in [0.25, 0.3) is 0 Å². The van der Waals surface area contributed by atoms with Gasteiger partial charge >= 0.3 is 0 Å². The van der Waals surface area contributed by atoms with E-state index in [0.29, 0.717) is 19.5 Å². The first kappa shape index (κ1) is 13.6. The summed E-state index contributed by atoms with van der Waals surface area (Å²) in [7, 11) is 0. The van der Waals surface area contributed by atoms with Gasteiger partial charge in [-0.15, -0.1) is 0 Å². The number of hydrogen-bond donors (Lipinski definition) is 1. The standard InChI is InChI=1S/C15H20N2O2/c1-11(2)15(19)16-9-12-8-14(18)17(10-12)13-6-4-3-5-7-13/h3-7,11-12H,8-10H2,1-2H3,(H,16,19). The number of amides is 2. The van der Waals surface area contributed by atoms with Gasteiger partial charge in [0.1, 0.15) is 0 Å². The molecule has 2 amide bonds. The minimum Gasteiger partial charge on any atom is -0.356 e. The van der Waals surface area contributed by atoms with Crippen LogP contribution in [-0.4, -0.2) is 24.9 Å². The van der Waals surface area contributed by atoms with Gasteiger partial charge in [-0.2, -0.15) is 0 Å². The summed E-state index contributed by atoms with van der Waals surface area (Å²) >= 11 is 0. The van der Waals surface area contributed by atoms with Crippen molar-refractivity contribution in [2.24, 2.45) is 11.8 Å². The Bertz CT molecular complexity index is 456. The van der Waals surface area contributed by atoms with Crippen molar-refractivity contribution in [3.05, 3.63) is 30.3 Å². The van der Waals surface area contributed by atoms with Crippen molar-refractivity contribution in [3.8, 4) is 0 Å². The molecule has 4 heteroatoms. The van der Waals surface area contributed by atoms with Crippen LogP contribution in [0.25, 0.3) is 0 Å². The highest BCUT2D eigenvalue weighted by Gasteiger charge is 2.30. The molecule has 1 aromatic carbocycles. The van der Waals surface area contributed by atoms with E-state index in [1.165, 1.54) is 0 Å². The molecule has 0 aromatic heterocycles. The van der Waals surface area contributed by atoms with Crippen molar-refractivity contribution in [1.82, 2.24) is 5.32 Å². The van der Waals surface area contributed by atoms with Gasteiger partial charge in [-0.05, 0) is 12.1 Å². The number of nitrogens with one attached hydrogen (secondary N) is 1. The molecule has 1 N–H and O–H groups in total. The van der Waals surface area contributed by atoms with Crippen LogP contribution in [0.2, 0.25) is 0 Å². The molecule has 0 spiro atoms. The molecular formula is C15H20N2O2. The molecular weight excluding hydrogens is 240 g/mol. The highest BCUT2D eigenvalue weighted by atomic mass is 16.2. The fraction of sp³-hybridized carbons (Fsp3) is 0.467. The third kappa shape index (κ3) is 3.34. The third-order valence-corrected chi connectivity index (χ3v) is 3.36. The largest absolute Gasteiger partial charge is 0.356 e. The van der Waals surface area contributed by atoms with Gasteiger partial charge in [0.15, 0.2) is 0 Å². The first-order valence-electron chi connectivity index (χ1n) is 6.71. The number of carbonyl (C=O) groups is 2. The number of anilines is 1. The fourth-order valence-electron chi connectivity index (χ4n) is 2.22. The molecule has 1 saturated heterocycles. The van der Waals surface area contributed by atoms with Crippen LogP contribution in [-0.2, 0) is 9.59 Å². The molecule has 1 atom stereocenters. The lowest BCUT2D eigenvalue weighted by atomic mass is 10.1. The molecule has 1 aromatic rings. The second-order valence-electron chi connectivity index (χ2n) is 5.31. The SMILES string of the molecule is CC(C)C(=O)NCC1CC(=O)N(c2ccccc2)C1. The van der Waals surface area contributed by atoms with Crippen molar-refractivity contribution in [2.45, 2.75) is 20.3 Å². The van der Waals surface area contributed by atoms with Crippen LogP contribution in [0, 0.1) is 11.8 Å². The molecule has 2 rings (SSSR count). The Balaban J connectivity index is 1.91. The Morgan fingerprint density at radius 1 is 1.37 bits per heavy atom. The van der Waals surface area contributed by atoms with Crippen molar-refractivity contribution < 1.29 is 9.59 Å². The van der Waals surface area contributed by atoms with E-state index in [-0.39, 0.29) is 23.7 Å². The van der Waals surface area contributed by atoms with E-state index in [0.717, 1.165) is 5.69 Å². The first-order valence-corrected chi connectivity index (χ1v) is 6.71. The second kappa shape index (κ2) is 5.87. The summed E-state index contributed by atoms with van der Waals surface area (Å²) in [6.07, 6.45) is 0.507. The molecule has 102 valence electrons. The van der Waals surface area contributed by atoms with E-state index in [9.17, 15) is 9.59 Å².